The first-order valence-electron chi connectivity index (χ1n) is 31.9. The van der Waals surface area contributed by atoms with Crippen molar-refractivity contribution in [3.8, 4) is 0 Å². The fourth-order valence-corrected chi connectivity index (χ4v) is 10.1. The van der Waals surface area contributed by atoms with Crippen LogP contribution in [0.5, 0.6) is 0 Å². The van der Waals surface area contributed by atoms with E-state index in [1.165, 1.54) is 231 Å². The summed E-state index contributed by atoms with van der Waals surface area (Å²) in [5.41, 5.74) is 0. The number of rotatable bonds is 55. The Morgan fingerprint density at radius 2 is 0.797 bits per heavy atom. The zero-order valence-electron chi connectivity index (χ0n) is 48.4. The number of aliphatic hydroxyl groups excluding tert-OH is 5. The minimum atomic E-state index is -1.56. The molecule has 1 aliphatic heterocycles. The van der Waals surface area contributed by atoms with Crippen LogP contribution < -0.4 is 5.32 Å². The van der Waals surface area contributed by atoms with Crippen LogP contribution in [0, 0.1) is 0 Å². The van der Waals surface area contributed by atoms with Gasteiger partial charge in [-0.2, -0.15) is 0 Å². The highest BCUT2D eigenvalue weighted by Crippen LogP contribution is 2.23. The number of ether oxygens (including phenoxy) is 2. The molecule has 1 rings (SSSR count). The van der Waals surface area contributed by atoms with E-state index in [1.807, 2.05) is 6.08 Å². The highest BCUT2D eigenvalue weighted by atomic mass is 16.7. The molecular formula is C65H121NO8. The van der Waals surface area contributed by atoms with Crippen LogP contribution in [0.4, 0.5) is 0 Å². The van der Waals surface area contributed by atoms with E-state index < -0.39 is 49.5 Å². The summed E-state index contributed by atoms with van der Waals surface area (Å²) >= 11 is 0. The van der Waals surface area contributed by atoms with Crippen LogP contribution in [0.25, 0.3) is 0 Å². The monoisotopic (exact) mass is 1040 g/mol. The van der Waals surface area contributed by atoms with Gasteiger partial charge in [0.15, 0.2) is 6.29 Å². The molecule has 1 heterocycles. The summed E-state index contributed by atoms with van der Waals surface area (Å²) in [6, 6.07) is -0.802. The van der Waals surface area contributed by atoms with Crippen molar-refractivity contribution in [1.29, 1.82) is 0 Å². The second-order valence-electron chi connectivity index (χ2n) is 22.2. The lowest BCUT2D eigenvalue weighted by atomic mass is 9.99. The molecule has 0 aromatic heterocycles. The summed E-state index contributed by atoms with van der Waals surface area (Å²) in [6.07, 6.45) is 66.5. The Labute approximate surface area is 456 Å². The van der Waals surface area contributed by atoms with Crippen molar-refractivity contribution in [2.45, 2.75) is 346 Å². The standard InChI is InChI=1S/C65H121NO8/c1-3-5-7-9-11-13-15-17-18-19-20-21-22-23-24-25-26-27-28-29-30-31-32-33-34-35-36-37-38-39-40-41-42-43-45-47-49-51-53-55-61(69)66-58(57-73-65-64(72)63(71)62(70)60(56-67)74-65)59(68)54-52-50-48-46-44-16-14-12-10-8-6-4-2/h15,17,19-20,22-23,52,54,58-60,62-65,67-68,70-72H,3-14,16,18,21,24-51,53,55-57H2,1-2H3,(H,66,69)/b17-15-,20-19-,23-22-,54-52+. The molecule has 7 atom stereocenters. The molecule has 6 N–H and O–H groups in total. The van der Waals surface area contributed by atoms with Crippen molar-refractivity contribution in [3.05, 3.63) is 48.6 Å². The van der Waals surface area contributed by atoms with E-state index in [-0.39, 0.29) is 12.5 Å². The summed E-state index contributed by atoms with van der Waals surface area (Å²) < 4.78 is 11.3. The maximum absolute atomic E-state index is 13.0. The second-order valence-corrected chi connectivity index (χ2v) is 22.2. The van der Waals surface area contributed by atoms with Gasteiger partial charge in [-0.05, 0) is 57.8 Å². The number of amides is 1. The zero-order valence-corrected chi connectivity index (χ0v) is 48.4. The summed E-state index contributed by atoms with van der Waals surface area (Å²) in [5.74, 6) is -0.173. The van der Waals surface area contributed by atoms with E-state index in [0.717, 1.165) is 51.4 Å². The highest BCUT2D eigenvalue weighted by Gasteiger charge is 2.44. The highest BCUT2D eigenvalue weighted by molar-refractivity contribution is 5.76. The first-order valence-corrected chi connectivity index (χ1v) is 31.9. The first-order chi connectivity index (χ1) is 36.3. The molecule has 9 heteroatoms. The predicted molar refractivity (Wildman–Crippen MR) is 313 cm³/mol. The van der Waals surface area contributed by atoms with Gasteiger partial charge in [0.05, 0.1) is 25.4 Å². The predicted octanol–water partition coefficient (Wildman–Crippen LogP) is 16.5. The third kappa shape index (κ3) is 43.2. The lowest BCUT2D eigenvalue weighted by molar-refractivity contribution is -0.302. The third-order valence-corrected chi connectivity index (χ3v) is 15.1. The number of hydrogen-bond donors (Lipinski definition) is 6. The van der Waals surface area contributed by atoms with Crippen LogP contribution in [0.15, 0.2) is 48.6 Å². The van der Waals surface area contributed by atoms with E-state index in [9.17, 15) is 30.3 Å². The summed E-state index contributed by atoms with van der Waals surface area (Å²) in [6.45, 7) is 3.77. The first kappa shape index (κ1) is 70.2. The number of allylic oxidation sites excluding steroid dienone is 7. The molecule has 0 aromatic rings. The quantitative estimate of drug-likeness (QED) is 0.0261. The lowest BCUT2D eigenvalue weighted by Gasteiger charge is -2.40. The summed E-state index contributed by atoms with van der Waals surface area (Å²) in [7, 11) is 0. The summed E-state index contributed by atoms with van der Waals surface area (Å²) in [4.78, 5) is 13.0. The van der Waals surface area contributed by atoms with Gasteiger partial charge >= 0.3 is 0 Å². The van der Waals surface area contributed by atoms with Gasteiger partial charge in [0.25, 0.3) is 0 Å². The van der Waals surface area contributed by atoms with Gasteiger partial charge in [-0.25, -0.2) is 0 Å². The van der Waals surface area contributed by atoms with Gasteiger partial charge in [0, 0.05) is 6.42 Å². The van der Waals surface area contributed by atoms with Crippen molar-refractivity contribution in [2.75, 3.05) is 13.2 Å². The zero-order chi connectivity index (χ0) is 53.6. The molecule has 1 amide bonds. The fourth-order valence-electron chi connectivity index (χ4n) is 10.1. The number of carbonyl (C=O) groups excluding carboxylic acids is 1. The van der Waals surface area contributed by atoms with Gasteiger partial charge in [-0.3, -0.25) is 4.79 Å². The second kappa shape index (κ2) is 54.5. The number of nitrogens with one attached hydrogen (secondary N) is 1. The van der Waals surface area contributed by atoms with E-state index in [0.29, 0.717) is 6.42 Å². The molecule has 1 fully saturated rings. The van der Waals surface area contributed by atoms with Crippen molar-refractivity contribution < 1.29 is 39.8 Å². The Balaban J connectivity index is 2.02. The van der Waals surface area contributed by atoms with Gasteiger partial charge in [0.1, 0.15) is 24.4 Å². The van der Waals surface area contributed by atoms with Crippen molar-refractivity contribution in [1.82, 2.24) is 5.32 Å². The molecular weight excluding hydrogens is 923 g/mol. The maximum Gasteiger partial charge on any atom is 0.220 e. The molecule has 0 spiro atoms. The molecule has 7 unspecified atom stereocenters. The van der Waals surface area contributed by atoms with Crippen LogP contribution in [0.3, 0.4) is 0 Å². The average molecular weight is 1040 g/mol. The van der Waals surface area contributed by atoms with E-state index >= 15 is 0 Å². The molecule has 0 aromatic carbocycles. The maximum atomic E-state index is 13.0. The number of carbonyl (C=O) groups is 1. The van der Waals surface area contributed by atoms with Crippen LogP contribution in [-0.4, -0.2) is 87.5 Å². The SMILES string of the molecule is CCCCCCC/C=C\C/C=C\C/C=C\CCCCCCCCCCCCCCCCCCCCCCCCCCC(=O)NC(COC1OC(CO)C(O)C(O)C1O)C(O)/C=C/CCCCCCCCCCCC. The van der Waals surface area contributed by atoms with Crippen molar-refractivity contribution in [2.24, 2.45) is 0 Å². The Bertz CT molecular complexity index is 1300. The van der Waals surface area contributed by atoms with Crippen LogP contribution >= 0.6 is 0 Å². The summed E-state index contributed by atoms with van der Waals surface area (Å²) in [5, 5.41) is 54.4. The molecule has 9 nitrogen and oxygen atoms in total. The normalized spacial score (nSPS) is 19.3. The number of hydrogen-bond acceptors (Lipinski definition) is 8. The van der Waals surface area contributed by atoms with Gasteiger partial charge in [-0.15, -0.1) is 0 Å². The molecule has 74 heavy (non-hydrogen) atoms. The number of unbranched alkanes of at least 4 members (excludes halogenated alkanes) is 39. The lowest BCUT2D eigenvalue weighted by Crippen LogP contribution is -2.60. The molecule has 0 radical (unpaired) electrons. The Morgan fingerprint density at radius 1 is 0.459 bits per heavy atom. The minimum absolute atomic E-state index is 0.173. The Hall–Kier alpha value is -1.85. The number of aliphatic hydroxyl groups is 5. The minimum Gasteiger partial charge on any atom is -0.394 e. The van der Waals surface area contributed by atoms with Crippen molar-refractivity contribution in [3.63, 3.8) is 0 Å². The fraction of sp³-hybridized carbons (Fsp3) is 0.862. The average Bonchev–Trinajstić information content (AvgIpc) is 3.40. The molecule has 1 aliphatic rings. The van der Waals surface area contributed by atoms with Crippen LogP contribution in [-0.2, 0) is 14.3 Å². The topological polar surface area (TPSA) is 149 Å². The molecule has 0 saturated carbocycles. The van der Waals surface area contributed by atoms with Gasteiger partial charge in [0.2, 0.25) is 5.91 Å². The van der Waals surface area contributed by atoms with Gasteiger partial charge in [-0.1, -0.05) is 287 Å². The Morgan fingerprint density at radius 3 is 1.18 bits per heavy atom. The van der Waals surface area contributed by atoms with Crippen molar-refractivity contribution >= 4 is 5.91 Å². The molecule has 1 saturated heterocycles. The van der Waals surface area contributed by atoms with E-state index in [4.69, 9.17) is 9.47 Å². The molecule has 434 valence electrons. The smallest absolute Gasteiger partial charge is 0.220 e. The van der Waals surface area contributed by atoms with Crippen LogP contribution in [0.1, 0.15) is 303 Å². The third-order valence-electron chi connectivity index (χ3n) is 15.1. The van der Waals surface area contributed by atoms with Crippen LogP contribution in [0.2, 0.25) is 0 Å². The Kier molecular flexibility index (Phi) is 51.7. The molecule has 0 bridgehead atoms. The van der Waals surface area contributed by atoms with Gasteiger partial charge < -0.3 is 40.3 Å². The largest absolute Gasteiger partial charge is 0.394 e. The van der Waals surface area contributed by atoms with E-state index in [2.05, 4.69) is 55.6 Å². The molecule has 0 aliphatic carbocycles. The van der Waals surface area contributed by atoms with E-state index in [1.54, 1.807) is 6.08 Å².